The number of hydrogen-bond donors (Lipinski definition) is 3. The highest BCUT2D eigenvalue weighted by atomic mass is 19.3. The SMILES string of the molecule is CCCCC(F)(F)c1ccc(CC(=N)NO)cc1. The predicted molar refractivity (Wildman–Crippen MR) is 66.2 cm³/mol. The first kappa shape index (κ1) is 14.6. The monoisotopic (exact) mass is 256 g/mol. The van der Waals surface area contributed by atoms with E-state index in [2.05, 4.69) is 0 Å². The van der Waals surface area contributed by atoms with Crippen molar-refractivity contribution in [2.24, 2.45) is 0 Å². The van der Waals surface area contributed by atoms with Gasteiger partial charge in [-0.2, -0.15) is 0 Å². The van der Waals surface area contributed by atoms with Crippen molar-refractivity contribution in [2.75, 3.05) is 0 Å². The summed E-state index contributed by atoms with van der Waals surface area (Å²) >= 11 is 0. The molecule has 1 rings (SSSR count). The van der Waals surface area contributed by atoms with Crippen LogP contribution < -0.4 is 5.48 Å². The van der Waals surface area contributed by atoms with Crippen LogP contribution in [0.3, 0.4) is 0 Å². The highest BCUT2D eigenvalue weighted by Crippen LogP contribution is 2.33. The molecule has 0 amide bonds. The summed E-state index contributed by atoms with van der Waals surface area (Å²) in [6.45, 7) is 1.88. The minimum absolute atomic E-state index is 0.00295. The van der Waals surface area contributed by atoms with Crippen molar-refractivity contribution in [3.63, 3.8) is 0 Å². The quantitative estimate of drug-likeness (QED) is 0.414. The van der Waals surface area contributed by atoms with Crippen molar-refractivity contribution in [3.8, 4) is 0 Å². The number of benzene rings is 1. The summed E-state index contributed by atoms with van der Waals surface area (Å²) in [5.74, 6) is -2.86. The van der Waals surface area contributed by atoms with E-state index in [-0.39, 0.29) is 24.2 Å². The standard InChI is InChI=1S/C13H18F2N2O/c1-2-3-8-13(14,15)11-6-4-10(5-7-11)9-12(16)17-18/h4-7,18H,2-3,8-9H2,1H3,(H2,16,17). The van der Waals surface area contributed by atoms with E-state index in [1.54, 1.807) is 17.6 Å². The lowest BCUT2D eigenvalue weighted by Crippen LogP contribution is -2.20. The molecule has 0 bridgehead atoms. The number of alkyl halides is 2. The molecule has 0 saturated carbocycles. The molecule has 0 heterocycles. The van der Waals surface area contributed by atoms with Gasteiger partial charge in [-0.15, -0.1) is 0 Å². The molecule has 0 spiro atoms. The van der Waals surface area contributed by atoms with Gasteiger partial charge in [-0.1, -0.05) is 37.6 Å². The van der Waals surface area contributed by atoms with Gasteiger partial charge < -0.3 is 0 Å². The minimum Gasteiger partial charge on any atom is -0.290 e. The van der Waals surface area contributed by atoms with Gasteiger partial charge in [0.25, 0.3) is 5.92 Å². The van der Waals surface area contributed by atoms with Crippen LogP contribution >= 0.6 is 0 Å². The van der Waals surface area contributed by atoms with Gasteiger partial charge in [0.15, 0.2) is 0 Å². The van der Waals surface area contributed by atoms with Crippen molar-refractivity contribution in [2.45, 2.75) is 38.5 Å². The first-order valence-electron chi connectivity index (χ1n) is 5.94. The molecule has 1 aromatic rings. The molecule has 3 nitrogen and oxygen atoms in total. The van der Waals surface area contributed by atoms with E-state index >= 15 is 0 Å². The van der Waals surface area contributed by atoms with Gasteiger partial charge in [0.05, 0.1) is 0 Å². The fraction of sp³-hybridized carbons (Fsp3) is 0.462. The molecule has 18 heavy (non-hydrogen) atoms. The average Bonchev–Trinajstić information content (AvgIpc) is 2.37. The Kier molecular flexibility index (Phi) is 5.22. The van der Waals surface area contributed by atoms with Crippen LogP contribution in [0.1, 0.15) is 37.3 Å². The first-order valence-corrected chi connectivity index (χ1v) is 5.94. The fourth-order valence-corrected chi connectivity index (χ4v) is 1.65. The number of unbranched alkanes of at least 4 members (excludes halogenated alkanes) is 1. The second-order valence-electron chi connectivity index (χ2n) is 4.27. The Balaban J connectivity index is 2.72. The first-order chi connectivity index (χ1) is 8.49. The van der Waals surface area contributed by atoms with Crippen LogP contribution in [0.2, 0.25) is 0 Å². The maximum Gasteiger partial charge on any atom is 0.273 e. The van der Waals surface area contributed by atoms with Crippen LogP contribution in [0.5, 0.6) is 0 Å². The lowest BCUT2D eigenvalue weighted by atomic mass is 10.0. The summed E-state index contributed by atoms with van der Waals surface area (Å²) in [6.07, 6.45) is 1.29. The second kappa shape index (κ2) is 6.44. The number of halogens is 2. The Bertz CT molecular complexity index is 390. The van der Waals surface area contributed by atoms with Crippen molar-refractivity contribution in [3.05, 3.63) is 35.4 Å². The topological polar surface area (TPSA) is 56.1 Å². The summed E-state index contributed by atoms with van der Waals surface area (Å²) in [5.41, 5.74) is 2.43. The molecule has 1 aromatic carbocycles. The van der Waals surface area contributed by atoms with Crippen molar-refractivity contribution in [1.82, 2.24) is 5.48 Å². The van der Waals surface area contributed by atoms with Gasteiger partial charge >= 0.3 is 0 Å². The average molecular weight is 256 g/mol. The third kappa shape index (κ3) is 4.07. The van der Waals surface area contributed by atoms with Gasteiger partial charge in [-0.05, 0) is 12.0 Å². The molecule has 5 heteroatoms. The van der Waals surface area contributed by atoms with E-state index < -0.39 is 5.92 Å². The van der Waals surface area contributed by atoms with E-state index in [1.807, 2.05) is 6.92 Å². The molecule has 100 valence electrons. The molecule has 0 aliphatic rings. The van der Waals surface area contributed by atoms with Crippen LogP contribution in [0, 0.1) is 5.41 Å². The summed E-state index contributed by atoms with van der Waals surface area (Å²) in [6, 6.07) is 5.88. The number of rotatable bonds is 6. The highest BCUT2D eigenvalue weighted by Gasteiger charge is 2.30. The van der Waals surface area contributed by atoms with Crippen LogP contribution in [0.15, 0.2) is 24.3 Å². The lowest BCUT2D eigenvalue weighted by Gasteiger charge is -2.16. The van der Waals surface area contributed by atoms with E-state index in [0.717, 1.165) is 6.42 Å². The van der Waals surface area contributed by atoms with Crippen LogP contribution in [-0.2, 0) is 12.3 Å². The Hall–Kier alpha value is -1.49. The zero-order valence-electron chi connectivity index (χ0n) is 10.3. The molecular formula is C13H18F2N2O. The Morgan fingerprint density at radius 1 is 1.33 bits per heavy atom. The van der Waals surface area contributed by atoms with Gasteiger partial charge in [0.2, 0.25) is 0 Å². The highest BCUT2D eigenvalue weighted by molar-refractivity contribution is 5.80. The summed E-state index contributed by atoms with van der Waals surface area (Å²) < 4.78 is 27.4. The third-order valence-electron chi connectivity index (χ3n) is 2.74. The maximum absolute atomic E-state index is 13.7. The fourth-order valence-electron chi connectivity index (χ4n) is 1.65. The molecule has 0 radical (unpaired) electrons. The molecule has 0 saturated heterocycles. The van der Waals surface area contributed by atoms with E-state index in [9.17, 15) is 8.78 Å². The molecule has 0 aliphatic heterocycles. The van der Waals surface area contributed by atoms with Gasteiger partial charge in [0, 0.05) is 18.4 Å². The Morgan fingerprint density at radius 2 is 1.94 bits per heavy atom. The number of hydrogen-bond acceptors (Lipinski definition) is 2. The van der Waals surface area contributed by atoms with E-state index in [0.29, 0.717) is 12.0 Å². The van der Waals surface area contributed by atoms with Crippen LogP contribution in [0.4, 0.5) is 8.78 Å². The molecule has 0 unspecified atom stereocenters. The van der Waals surface area contributed by atoms with Crippen LogP contribution in [0.25, 0.3) is 0 Å². The molecule has 0 atom stereocenters. The van der Waals surface area contributed by atoms with Crippen molar-refractivity contribution < 1.29 is 14.0 Å². The van der Waals surface area contributed by atoms with Crippen LogP contribution in [-0.4, -0.2) is 11.0 Å². The lowest BCUT2D eigenvalue weighted by molar-refractivity contribution is -0.0154. The maximum atomic E-state index is 13.7. The number of nitrogens with one attached hydrogen (secondary N) is 2. The summed E-state index contributed by atoms with van der Waals surface area (Å²) in [4.78, 5) is 0. The predicted octanol–water partition coefficient (Wildman–Crippen LogP) is 3.47. The number of hydroxylamine groups is 1. The summed E-state index contributed by atoms with van der Waals surface area (Å²) in [7, 11) is 0. The largest absolute Gasteiger partial charge is 0.290 e. The zero-order valence-corrected chi connectivity index (χ0v) is 10.3. The van der Waals surface area contributed by atoms with Gasteiger partial charge in [0.1, 0.15) is 5.84 Å². The number of amidine groups is 1. The van der Waals surface area contributed by atoms with Crippen molar-refractivity contribution in [1.29, 1.82) is 5.41 Å². The van der Waals surface area contributed by atoms with E-state index in [4.69, 9.17) is 10.6 Å². The molecule has 3 N–H and O–H groups in total. The smallest absolute Gasteiger partial charge is 0.273 e. The molecule has 0 aliphatic carbocycles. The molecular weight excluding hydrogens is 238 g/mol. The van der Waals surface area contributed by atoms with Gasteiger partial charge in [-0.25, -0.2) is 8.78 Å². The second-order valence-corrected chi connectivity index (χ2v) is 4.27. The Morgan fingerprint density at radius 3 is 2.44 bits per heavy atom. The Labute approximate surface area is 105 Å². The van der Waals surface area contributed by atoms with Crippen molar-refractivity contribution >= 4 is 5.84 Å². The minimum atomic E-state index is -2.79. The summed E-state index contributed by atoms with van der Waals surface area (Å²) in [5, 5.41) is 15.7. The van der Waals surface area contributed by atoms with Gasteiger partial charge in [-0.3, -0.25) is 16.1 Å². The third-order valence-corrected chi connectivity index (χ3v) is 2.74. The molecule has 0 fully saturated rings. The van der Waals surface area contributed by atoms with E-state index in [1.165, 1.54) is 12.1 Å². The molecule has 0 aromatic heterocycles. The zero-order chi connectivity index (χ0) is 13.6. The normalized spacial score (nSPS) is 11.3.